The fourth-order valence-electron chi connectivity index (χ4n) is 3.07. The van der Waals surface area contributed by atoms with Gasteiger partial charge in [0.25, 0.3) is 11.8 Å². The van der Waals surface area contributed by atoms with Crippen LogP contribution in [0.2, 0.25) is 0 Å². The van der Waals surface area contributed by atoms with Crippen LogP contribution in [0.5, 0.6) is 0 Å². The summed E-state index contributed by atoms with van der Waals surface area (Å²) in [4.78, 5) is 25.8. The zero-order chi connectivity index (χ0) is 20.2. The Hall–Kier alpha value is -3.38. The highest BCUT2D eigenvalue weighted by atomic mass is 79.9. The van der Waals surface area contributed by atoms with Gasteiger partial charge in [0.1, 0.15) is 6.17 Å². The molecule has 1 aliphatic heterocycles. The summed E-state index contributed by atoms with van der Waals surface area (Å²) in [6.07, 6.45) is 3.24. The maximum absolute atomic E-state index is 13.1. The molecule has 2 amide bonds. The lowest BCUT2D eigenvalue weighted by atomic mass is 10.1. The van der Waals surface area contributed by atoms with E-state index in [-0.39, 0.29) is 11.8 Å². The van der Waals surface area contributed by atoms with Crippen LogP contribution in [0.3, 0.4) is 0 Å². The highest BCUT2D eigenvalue weighted by molar-refractivity contribution is 9.10. The number of hydrogen-bond donors (Lipinski definition) is 2. The van der Waals surface area contributed by atoms with E-state index in [0.29, 0.717) is 11.1 Å². The quantitative estimate of drug-likeness (QED) is 0.608. The molecule has 0 spiro atoms. The second kappa shape index (κ2) is 8.32. The summed E-state index contributed by atoms with van der Waals surface area (Å²) in [5.41, 5.74) is 5.45. The number of benzene rings is 3. The van der Waals surface area contributed by atoms with Gasteiger partial charge in [0, 0.05) is 15.7 Å². The highest BCUT2D eigenvalue weighted by Gasteiger charge is 2.32. The van der Waals surface area contributed by atoms with Crippen LogP contribution in [0.4, 0.5) is 5.69 Å². The summed E-state index contributed by atoms with van der Waals surface area (Å²) in [5.74, 6) is -0.627. The molecule has 0 aromatic heterocycles. The van der Waals surface area contributed by atoms with Crippen molar-refractivity contribution < 1.29 is 9.59 Å². The number of hydrogen-bond acceptors (Lipinski definition) is 3. The maximum atomic E-state index is 13.1. The third kappa shape index (κ3) is 4.22. The van der Waals surface area contributed by atoms with Crippen LogP contribution >= 0.6 is 15.9 Å². The molecule has 0 aliphatic carbocycles. The molecule has 3 aromatic rings. The lowest BCUT2D eigenvalue weighted by Gasteiger charge is -2.36. The number of hydrazine groups is 1. The number of para-hydroxylation sites is 1. The van der Waals surface area contributed by atoms with Crippen LogP contribution < -0.4 is 10.7 Å². The predicted molar refractivity (Wildman–Crippen MR) is 117 cm³/mol. The average Bonchev–Trinajstić information content (AvgIpc) is 2.75. The van der Waals surface area contributed by atoms with Crippen molar-refractivity contribution in [1.82, 2.24) is 10.4 Å². The Morgan fingerprint density at radius 2 is 1.66 bits per heavy atom. The number of fused-ring (bicyclic) bond motifs is 1. The molecule has 3 aromatic carbocycles. The van der Waals surface area contributed by atoms with Crippen LogP contribution in [-0.2, 0) is 0 Å². The number of nitrogens with one attached hydrogen (secondary N) is 2. The van der Waals surface area contributed by atoms with Crippen molar-refractivity contribution >= 4 is 39.5 Å². The van der Waals surface area contributed by atoms with Crippen LogP contribution in [0, 0.1) is 0 Å². The lowest BCUT2D eigenvalue weighted by molar-refractivity contribution is 0.0535. The summed E-state index contributed by atoms with van der Waals surface area (Å²) >= 11 is 3.36. The first-order valence-corrected chi connectivity index (χ1v) is 9.90. The molecule has 29 heavy (non-hydrogen) atoms. The maximum Gasteiger partial charge on any atom is 0.276 e. The molecular formula is C23H18BrN3O2. The number of carbonyl (C=O) groups excluding carboxylic acids is 2. The van der Waals surface area contributed by atoms with Gasteiger partial charge < -0.3 is 5.32 Å². The minimum Gasteiger partial charge on any atom is -0.360 e. The van der Waals surface area contributed by atoms with E-state index < -0.39 is 6.17 Å². The Labute approximate surface area is 177 Å². The topological polar surface area (TPSA) is 61.4 Å². The standard InChI is InChI=1S/C23H18BrN3O2/c24-18-13-11-17(12-14-18)22(28)26-27-21(15-10-16-6-2-1-3-7-16)25-20-9-5-4-8-19(20)23(27)29/h1-15,21,25H,(H,26,28)/b15-10+. The van der Waals surface area contributed by atoms with E-state index in [1.54, 1.807) is 36.4 Å². The molecule has 0 bridgehead atoms. The Balaban J connectivity index is 1.63. The normalized spacial score (nSPS) is 15.7. The van der Waals surface area contributed by atoms with Crippen molar-refractivity contribution in [3.8, 4) is 0 Å². The third-order valence-corrected chi connectivity index (χ3v) is 5.09. The number of amides is 2. The van der Waals surface area contributed by atoms with Gasteiger partial charge in [-0.1, -0.05) is 64.5 Å². The molecule has 0 saturated heterocycles. The summed E-state index contributed by atoms with van der Waals surface area (Å²) in [6.45, 7) is 0. The zero-order valence-corrected chi connectivity index (χ0v) is 17.0. The van der Waals surface area contributed by atoms with Gasteiger partial charge in [0.15, 0.2) is 0 Å². The number of halogens is 1. The molecule has 1 heterocycles. The first-order valence-electron chi connectivity index (χ1n) is 9.11. The van der Waals surface area contributed by atoms with E-state index in [1.807, 2.05) is 54.6 Å². The summed E-state index contributed by atoms with van der Waals surface area (Å²) in [6, 6.07) is 24.0. The van der Waals surface area contributed by atoms with Gasteiger partial charge in [-0.2, -0.15) is 0 Å². The number of carbonyl (C=O) groups is 2. The largest absolute Gasteiger partial charge is 0.360 e. The highest BCUT2D eigenvalue weighted by Crippen LogP contribution is 2.25. The molecule has 5 nitrogen and oxygen atoms in total. The van der Waals surface area contributed by atoms with Crippen molar-refractivity contribution in [2.75, 3.05) is 5.32 Å². The zero-order valence-electron chi connectivity index (χ0n) is 15.4. The van der Waals surface area contributed by atoms with Crippen molar-refractivity contribution in [2.45, 2.75) is 6.17 Å². The number of rotatable bonds is 4. The van der Waals surface area contributed by atoms with E-state index in [2.05, 4.69) is 26.7 Å². The first kappa shape index (κ1) is 19.0. The second-order valence-electron chi connectivity index (χ2n) is 6.53. The van der Waals surface area contributed by atoms with Crippen LogP contribution in [-0.4, -0.2) is 23.0 Å². The predicted octanol–water partition coefficient (Wildman–Crippen LogP) is 4.70. The van der Waals surface area contributed by atoms with Crippen LogP contribution in [0.15, 0.2) is 89.4 Å². The van der Waals surface area contributed by atoms with Gasteiger partial charge in [-0.25, -0.2) is 5.01 Å². The molecule has 1 unspecified atom stereocenters. The third-order valence-electron chi connectivity index (χ3n) is 4.56. The molecule has 0 saturated carbocycles. The fraction of sp³-hybridized carbons (Fsp3) is 0.0435. The van der Waals surface area contributed by atoms with Gasteiger partial charge in [-0.3, -0.25) is 15.0 Å². The SMILES string of the molecule is O=C(NN1C(=O)c2ccccc2NC1/C=C/c1ccccc1)c1ccc(Br)cc1. The molecular weight excluding hydrogens is 430 g/mol. The Bertz CT molecular complexity index is 1060. The van der Waals surface area contributed by atoms with E-state index in [4.69, 9.17) is 0 Å². The van der Waals surface area contributed by atoms with Gasteiger partial charge >= 0.3 is 0 Å². The second-order valence-corrected chi connectivity index (χ2v) is 7.44. The molecule has 1 aliphatic rings. The van der Waals surface area contributed by atoms with E-state index in [0.717, 1.165) is 15.7 Å². The summed E-state index contributed by atoms with van der Waals surface area (Å²) < 4.78 is 0.877. The molecule has 144 valence electrons. The van der Waals surface area contributed by atoms with Gasteiger partial charge in [0.2, 0.25) is 0 Å². The van der Waals surface area contributed by atoms with Crippen LogP contribution in [0.25, 0.3) is 6.08 Å². The van der Waals surface area contributed by atoms with Crippen LogP contribution in [0.1, 0.15) is 26.3 Å². The number of nitrogens with zero attached hydrogens (tertiary/aromatic N) is 1. The number of anilines is 1. The lowest BCUT2D eigenvalue weighted by Crippen LogP contribution is -2.56. The van der Waals surface area contributed by atoms with E-state index >= 15 is 0 Å². The van der Waals surface area contributed by atoms with Crippen molar-refractivity contribution in [3.05, 3.63) is 106 Å². The van der Waals surface area contributed by atoms with E-state index in [1.165, 1.54) is 5.01 Å². The van der Waals surface area contributed by atoms with Gasteiger partial charge in [-0.05, 0) is 48.0 Å². The first-order chi connectivity index (χ1) is 14.1. The summed E-state index contributed by atoms with van der Waals surface area (Å²) in [7, 11) is 0. The minimum atomic E-state index is -0.531. The molecule has 0 fully saturated rings. The average molecular weight is 448 g/mol. The molecule has 0 radical (unpaired) electrons. The fourth-order valence-corrected chi connectivity index (χ4v) is 3.34. The summed E-state index contributed by atoms with van der Waals surface area (Å²) in [5, 5.41) is 4.64. The smallest absolute Gasteiger partial charge is 0.276 e. The minimum absolute atomic E-state index is 0.271. The van der Waals surface area contributed by atoms with Crippen molar-refractivity contribution in [1.29, 1.82) is 0 Å². The van der Waals surface area contributed by atoms with Crippen molar-refractivity contribution in [3.63, 3.8) is 0 Å². The molecule has 6 heteroatoms. The van der Waals surface area contributed by atoms with Crippen molar-refractivity contribution in [2.24, 2.45) is 0 Å². The van der Waals surface area contributed by atoms with Gasteiger partial charge in [0.05, 0.1) is 5.56 Å². The monoisotopic (exact) mass is 447 g/mol. The Morgan fingerprint density at radius 3 is 2.41 bits per heavy atom. The molecule has 1 atom stereocenters. The van der Waals surface area contributed by atoms with E-state index in [9.17, 15) is 9.59 Å². The van der Waals surface area contributed by atoms with Gasteiger partial charge in [-0.15, -0.1) is 0 Å². The molecule has 4 rings (SSSR count). The Kier molecular flexibility index (Phi) is 5.44. The Morgan fingerprint density at radius 1 is 0.966 bits per heavy atom. The molecule has 2 N–H and O–H groups in total.